The number of aromatic nitrogens is 2. The van der Waals surface area contributed by atoms with Gasteiger partial charge in [-0.25, -0.2) is 21.3 Å². The Kier molecular flexibility index (Phi) is 10.8. The summed E-state index contributed by atoms with van der Waals surface area (Å²) in [5.41, 5.74) is 8.66. The van der Waals surface area contributed by atoms with Crippen LogP contribution in [0.15, 0.2) is 11.3 Å². The SMILES string of the molecule is CSCCCNc1nc(C(C)(C)C)ncc1C(=O)N(CC(C)C)C1CNCC(/C(N)=N/NN)C1. The summed E-state index contributed by atoms with van der Waals surface area (Å²) in [5.74, 6) is 8.33. The molecular weight excluding hydrogens is 450 g/mol. The maximum Gasteiger partial charge on any atom is 0.259 e. The number of anilines is 1. The van der Waals surface area contributed by atoms with Crippen molar-refractivity contribution in [2.24, 2.45) is 28.5 Å². The van der Waals surface area contributed by atoms with Crippen molar-refractivity contribution in [3.63, 3.8) is 0 Å². The molecule has 2 unspecified atom stereocenters. The molecule has 1 aromatic heterocycles. The lowest BCUT2D eigenvalue weighted by Gasteiger charge is -2.39. The second kappa shape index (κ2) is 13.1. The summed E-state index contributed by atoms with van der Waals surface area (Å²) in [4.78, 5) is 25.2. The largest absolute Gasteiger partial charge is 0.385 e. The van der Waals surface area contributed by atoms with E-state index in [2.05, 4.69) is 67.1 Å². The second-order valence-electron chi connectivity index (χ2n) is 10.2. The summed E-state index contributed by atoms with van der Waals surface area (Å²) in [6.07, 6.45) is 5.47. The molecule has 34 heavy (non-hydrogen) atoms. The van der Waals surface area contributed by atoms with Gasteiger partial charge in [-0.2, -0.15) is 16.9 Å². The van der Waals surface area contributed by atoms with Crippen LogP contribution in [0, 0.1) is 11.8 Å². The summed E-state index contributed by atoms with van der Waals surface area (Å²) >= 11 is 1.80. The van der Waals surface area contributed by atoms with Gasteiger partial charge in [-0.3, -0.25) is 4.79 Å². The first-order chi connectivity index (χ1) is 16.1. The number of amides is 1. The molecule has 11 heteroatoms. The highest BCUT2D eigenvalue weighted by atomic mass is 32.2. The zero-order valence-electron chi connectivity index (χ0n) is 21.5. The van der Waals surface area contributed by atoms with Crippen LogP contribution in [0.25, 0.3) is 0 Å². The number of piperidine rings is 1. The highest BCUT2D eigenvalue weighted by Crippen LogP contribution is 2.25. The van der Waals surface area contributed by atoms with Gasteiger partial charge >= 0.3 is 0 Å². The molecule has 1 saturated heterocycles. The number of nitrogens with two attached hydrogens (primary N) is 2. The Morgan fingerprint density at radius 3 is 2.74 bits per heavy atom. The van der Waals surface area contributed by atoms with E-state index in [4.69, 9.17) is 16.6 Å². The maximum absolute atomic E-state index is 13.9. The van der Waals surface area contributed by atoms with E-state index >= 15 is 0 Å². The van der Waals surface area contributed by atoms with Crippen LogP contribution in [-0.2, 0) is 5.41 Å². The third-order valence-corrected chi connectivity index (χ3v) is 6.41. The van der Waals surface area contributed by atoms with E-state index < -0.39 is 0 Å². The molecule has 0 aliphatic carbocycles. The Morgan fingerprint density at radius 2 is 2.12 bits per heavy atom. The Balaban J connectivity index is 2.36. The van der Waals surface area contributed by atoms with Crippen LogP contribution in [0.1, 0.15) is 63.6 Å². The van der Waals surface area contributed by atoms with E-state index in [1.165, 1.54) is 0 Å². The molecule has 2 rings (SSSR count). The van der Waals surface area contributed by atoms with Crippen molar-refractivity contribution < 1.29 is 4.79 Å². The Hall–Kier alpha value is -2.11. The van der Waals surface area contributed by atoms with E-state index in [0.29, 0.717) is 55.0 Å². The number of thioether (sulfide) groups is 1. The van der Waals surface area contributed by atoms with Gasteiger partial charge in [0.25, 0.3) is 5.91 Å². The monoisotopic (exact) mass is 493 g/mol. The van der Waals surface area contributed by atoms with Gasteiger partial charge in [-0.05, 0) is 30.8 Å². The molecule has 1 amide bonds. The zero-order valence-corrected chi connectivity index (χ0v) is 22.3. The van der Waals surface area contributed by atoms with Crippen LogP contribution in [0.4, 0.5) is 5.82 Å². The maximum atomic E-state index is 13.9. The number of hydrazine groups is 1. The van der Waals surface area contributed by atoms with Gasteiger partial charge in [0.05, 0.1) is 0 Å². The average Bonchev–Trinajstić information content (AvgIpc) is 2.79. The minimum atomic E-state index is -0.219. The smallest absolute Gasteiger partial charge is 0.259 e. The van der Waals surface area contributed by atoms with Gasteiger partial charge < -0.3 is 21.3 Å². The third-order valence-electron chi connectivity index (χ3n) is 5.71. The standard InChI is InChI=1S/C23H43N9OS/c1-15(2)14-32(17-10-16(11-26-12-17)19(24)30-31-25)21(33)18-13-28-22(23(3,4)5)29-20(18)27-8-7-9-34-6/h13,15-17,26,31H,7-12,14,25H2,1-6H3,(H2,24,30)(H,27,28,29). The molecule has 0 saturated carbocycles. The number of hydrogen-bond donors (Lipinski definition) is 5. The number of hydrogen-bond acceptors (Lipinski definition) is 9. The molecule has 192 valence electrons. The Bertz CT molecular complexity index is 825. The first kappa shape index (κ1) is 28.1. The van der Waals surface area contributed by atoms with E-state index in [0.717, 1.165) is 18.7 Å². The quantitative estimate of drug-likeness (QED) is 0.102. The average molecular weight is 494 g/mol. The normalized spacial score (nSPS) is 19.2. The fourth-order valence-corrected chi connectivity index (χ4v) is 4.38. The predicted molar refractivity (Wildman–Crippen MR) is 142 cm³/mol. The van der Waals surface area contributed by atoms with Crippen molar-refractivity contribution >= 4 is 29.3 Å². The van der Waals surface area contributed by atoms with Gasteiger partial charge in [-0.15, -0.1) is 0 Å². The topological polar surface area (TPSA) is 147 Å². The molecule has 1 aliphatic rings. The predicted octanol–water partition coefficient (Wildman–Crippen LogP) is 1.75. The highest BCUT2D eigenvalue weighted by molar-refractivity contribution is 7.98. The second-order valence-corrected chi connectivity index (χ2v) is 11.2. The number of nitrogens with one attached hydrogen (secondary N) is 3. The van der Waals surface area contributed by atoms with Crippen molar-refractivity contribution in [3.8, 4) is 0 Å². The van der Waals surface area contributed by atoms with Crippen LogP contribution in [0.5, 0.6) is 0 Å². The van der Waals surface area contributed by atoms with E-state index in [1.807, 2.05) is 4.90 Å². The van der Waals surface area contributed by atoms with Crippen LogP contribution in [0.2, 0.25) is 0 Å². The first-order valence-electron chi connectivity index (χ1n) is 12.0. The van der Waals surface area contributed by atoms with Crippen LogP contribution in [0.3, 0.4) is 0 Å². The summed E-state index contributed by atoms with van der Waals surface area (Å²) in [7, 11) is 0. The molecule has 10 nitrogen and oxygen atoms in total. The zero-order chi connectivity index (χ0) is 25.3. The highest BCUT2D eigenvalue weighted by Gasteiger charge is 2.33. The molecule has 0 spiro atoms. The first-order valence-corrected chi connectivity index (χ1v) is 13.4. The van der Waals surface area contributed by atoms with Gasteiger partial charge in [0, 0.05) is 49.8 Å². The van der Waals surface area contributed by atoms with Gasteiger partial charge in [0.2, 0.25) is 0 Å². The van der Waals surface area contributed by atoms with Gasteiger partial charge in [0.1, 0.15) is 23.0 Å². The molecule has 7 N–H and O–H groups in total. The lowest BCUT2D eigenvalue weighted by atomic mass is 9.92. The third kappa shape index (κ3) is 7.99. The lowest BCUT2D eigenvalue weighted by molar-refractivity contribution is 0.0606. The minimum absolute atomic E-state index is 0.0130. The fourth-order valence-electron chi connectivity index (χ4n) is 3.95. The number of carbonyl (C=O) groups excluding carboxylic acids is 1. The molecule has 1 fully saturated rings. The number of nitrogens with zero attached hydrogens (tertiary/aromatic N) is 4. The van der Waals surface area contributed by atoms with E-state index in [9.17, 15) is 4.79 Å². The fraction of sp³-hybridized carbons (Fsp3) is 0.739. The lowest BCUT2D eigenvalue weighted by Crippen LogP contribution is -2.54. The Labute approximate surface area is 208 Å². The van der Waals surface area contributed by atoms with Crippen molar-refractivity contribution in [2.75, 3.05) is 43.5 Å². The molecule has 0 aromatic carbocycles. The van der Waals surface area contributed by atoms with Crippen molar-refractivity contribution in [1.29, 1.82) is 0 Å². The number of rotatable bonds is 11. The molecule has 2 heterocycles. The Morgan fingerprint density at radius 1 is 1.38 bits per heavy atom. The summed E-state index contributed by atoms with van der Waals surface area (Å²) in [6, 6.07) is -0.0354. The van der Waals surface area contributed by atoms with Crippen LogP contribution >= 0.6 is 11.8 Å². The molecular formula is C23H43N9OS. The summed E-state index contributed by atoms with van der Waals surface area (Å²) in [6.45, 7) is 13.2. The molecule has 0 radical (unpaired) electrons. The number of hydrazone groups is 1. The summed E-state index contributed by atoms with van der Waals surface area (Å²) in [5, 5.41) is 10.8. The molecule has 1 aliphatic heterocycles. The van der Waals surface area contributed by atoms with Gasteiger partial charge in [-0.1, -0.05) is 34.6 Å². The summed E-state index contributed by atoms with van der Waals surface area (Å²) < 4.78 is 0. The molecule has 2 atom stereocenters. The number of carbonyl (C=O) groups is 1. The van der Waals surface area contributed by atoms with Crippen molar-refractivity contribution in [1.82, 2.24) is 25.7 Å². The van der Waals surface area contributed by atoms with E-state index in [1.54, 1.807) is 18.0 Å². The van der Waals surface area contributed by atoms with Crippen LogP contribution < -0.4 is 27.7 Å². The van der Waals surface area contributed by atoms with E-state index in [-0.39, 0.29) is 23.3 Å². The number of amidine groups is 1. The molecule has 1 aromatic rings. The van der Waals surface area contributed by atoms with Gasteiger partial charge in [0.15, 0.2) is 0 Å². The minimum Gasteiger partial charge on any atom is -0.385 e. The van der Waals surface area contributed by atoms with Crippen LogP contribution in [-0.4, -0.2) is 70.8 Å². The van der Waals surface area contributed by atoms with Crippen molar-refractivity contribution in [2.45, 2.75) is 58.9 Å². The molecule has 0 bridgehead atoms. The van der Waals surface area contributed by atoms with Crippen molar-refractivity contribution in [3.05, 3.63) is 17.6 Å².